The Morgan fingerprint density at radius 1 is 1.43 bits per heavy atom. The highest BCUT2D eigenvalue weighted by Gasteiger charge is 2.28. The van der Waals surface area contributed by atoms with Gasteiger partial charge in [-0.25, -0.2) is 0 Å². The van der Waals surface area contributed by atoms with E-state index in [1.54, 1.807) is 0 Å². The summed E-state index contributed by atoms with van der Waals surface area (Å²) in [6, 6.07) is 7.43. The number of nitrogens with zero attached hydrogens (tertiary/aromatic N) is 2. The van der Waals surface area contributed by atoms with Gasteiger partial charge in [-0.2, -0.15) is 0 Å². The van der Waals surface area contributed by atoms with Crippen LogP contribution in [0.25, 0.3) is 11.3 Å². The Balaban J connectivity index is 1.92. The molecule has 1 aromatic heterocycles. The number of carbonyl (C=O) groups is 1. The molecule has 1 aromatic carbocycles. The minimum atomic E-state index is -0.183. The molecule has 2 aromatic rings. The maximum absolute atomic E-state index is 12.1. The van der Waals surface area contributed by atoms with Crippen molar-refractivity contribution in [2.75, 3.05) is 6.54 Å². The van der Waals surface area contributed by atoms with Gasteiger partial charge in [0.15, 0.2) is 5.76 Å². The number of fused-ring (bicyclic) bond motifs is 1. The smallest absolute Gasteiger partial charge is 0.236 e. The minimum Gasteiger partial charge on any atom is -0.356 e. The van der Waals surface area contributed by atoms with E-state index in [1.165, 1.54) is 0 Å². The van der Waals surface area contributed by atoms with Crippen LogP contribution in [0.3, 0.4) is 0 Å². The second kappa shape index (κ2) is 5.81. The lowest BCUT2D eigenvalue weighted by molar-refractivity contribution is -0.131. The van der Waals surface area contributed by atoms with Gasteiger partial charge in [0.1, 0.15) is 0 Å². The summed E-state index contributed by atoms with van der Waals surface area (Å²) < 4.78 is 5.49. The van der Waals surface area contributed by atoms with Crippen molar-refractivity contribution in [3.05, 3.63) is 40.5 Å². The number of hydrogen-bond acceptors (Lipinski definition) is 3. The fourth-order valence-corrected chi connectivity index (χ4v) is 2.90. The van der Waals surface area contributed by atoms with Crippen LogP contribution < -0.4 is 0 Å². The fraction of sp³-hybridized carbons (Fsp3) is 0.333. The Kier molecular flexibility index (Phi) is 4.04. The Bertz CT molecular complexity index is 667. The van der Waals surface area contributed by atoms with Gasteiger partial charge in [-0.15, -0.1) is 0 Å². The molecule has 0 spiro atoms. The standard InChI is InChI=1S/C15H14BrClN2O2/c1-9(16)15(20)19-7-6-13-12(8-19)14(21-18-13)10-2-4-11(17)5-3-10/h2-5,9H,6-8H2,1H3. The lowest BCUT2D eigenvalue weighted by atomic mass is 10.0. The molecule has 0 fully saturated rings. The summed E-state index contributed by atoms with van der Waals surface area (Å²) in [4.78, 5) is 13.8. The van der Waals surface area contributed by atoms with Crippen LogP contribution in [0.5, 0.6) is 0 Å². The maximum Gasteiger partial charge on any atom is 0.236 e. The van der Waals surface area contributed by atoms with Crippen molar-refractivity contribution in [1.82, 2.24) is 10.1 Å². The lowest BCUT2D eigenvalue weighted by Gasteiger charge is -2.27. The Labute approximate surface area is 136 Å². The maximum atomic E-state index is 12.1. The van der Waals surface area contributed by atoms with Crippen molar-refractivity contribution < 1.29 is 9.32 Å². The van der Waals surface area contributed by atoms with E-state index in [1.807, 2.05) is 36.1 Å². The first-order valence-corrected chi connectivity index (χ1v) is 8.02. The molecule has 0 radical (unpaired) electrons. The molecule has 1 amide bonds. The van der Waals surface area contributed by atoms with Crippen molar-refractivity contribution in [2.45, 2.75) is 24.7 Å². The number of halogens is 2. The van der Waals surface area contributed by atoms with E-state index < -0.39 is 0 Å². The van der Waals surface area contributed by atoms with Gasteiger partial charge in [-0.05, 0) is 31.2 Å². The first kappa shape index (κ1) is 14.6. The number of rotatable bonds is 2. The zero-order chi connectivity index (χ0) is 15.0. The molecule has 3 rings (SSSR count). The molecule has 4 nitrogen and oxygen atoms in total. The molecule has 2 heterocycles. The first-order valence-electron chi connectivity index (χ1n) is 6.72. The van der Waals surface area contributed by atoms with E-state index in [0.29, 0.717) is 18.1 Å². The van der Waals surface area contributed by atoms with Crippen LogP contribution in [0.15, 0.2) is 28.8 Å². The zero-order valence-corrected chi connectivity index (χ0v) is 13.8. The van der Waals surface area contributed by atoms with Crippen LogP contribution in [-0.4, -0.2) is 27.3 Å². The van der Waals surface area contributed by atoms with Crippen molar-refractivity contribution in [1.29, 1.82) is 0 Å². The van der Waals surface area contributed by atoms with Gasteiger partial charge in [-0.1, -0.05) is 32.7 Å². The molecule has 0 aliphatic carbocycles. The summed E-state index contributed by atoms with van der Waals surface area (Å²) in [6.45, 7) is 3.05. The molecule has 1 atom stereocenters. The molecule has 6 heteroatoms. The molecule has 0 bridgehead atoms. The summed E-state index contributed by atoms with van der Waals surface area (Å²) in [7, 11) is 0. The van der Waals surface area contributed by atoms with Crippen LogP contribution in [0, 0.1) is 0 Å². The van der Waals surface area contributed by atoms with Crippen LogP contribution >= 0.6 is 27.5 Å². The van der Waals surface area contributed by atoms with E-state index in [0.717, 1.165) is 29.0 Å². The topological polar surface area (TPSA) is 46.3 Å². The van der Waals surface area contributed by atoms with Crippen LogP contribution in [0.1, 0.15) is 18.2 Å². The van der Waals surface area contributed by atoms with Crippen molar-refractivity contribution in [3.63, 3.8) is 0 Å². The molecule has 110 valence electrons. The normalized spacial score (nSPS) is 15.7. The van der Waals surface area contributed by atoms with Gasteiger partial charge in [0.05, 0.1) is 17.1 Å². The molecule has 21 heavy (non-hydrogen) atoms. The number of aromatic nitrogens is 1. The van der Waals surface area contributed by atoms with E-state index in [2.05, 4.69) is 21.1 Å². The van der Waals surface area contributed by atoms with Gasteiger partial charge in [0.25, 0.3) is 0 Å². The van der Waals surface area contributed by atoms with Crippen LogP contribution in [0.4, 0.5) is 0 Å². The average molecular weight is 370 g/mol. The fourth-order valence-electron chi connectivity index (χ4n) is 2.48. The molecule has 1 unspecified atom stereocenters. The highest BCUT2D eigenvalue weighted by Crippen LogP contribution is 2.31. The third-order valence-corrected chi connectivity index (χ3v) is 4.24. The first-order chi connectivity index (χ1) is 10.1. The van der Waals surface area contributed by atoms with Crippen molar-refractivity contribution in [2.24, 2.45) is 0 Å². The Morgan fingerprint density at radius 3 is 2.81 bits per heavy atom. The summed E-state index contributed by atoms with van der Waals surface area (Å²) in [5, 5.41) is 4.81. The molecular weight excluding hydrogens is 356 g/mol. The second-order valence-corrected chi connectivity index (χ2v) is 6.88. The molecule has 0 saturated heterocycles. The lowest BCUT2D eigenvalue weighted by Crippen LogP contribution is -2.39. The third kappa shape index (κ3) is 2.85. The summed E-state index contributed by atoms with van der Waals surface area (Å²) >= 11 is 9.24. The highest BCUT2D eigenvalue weighted by molar-refractivity contribution is 9.10. The van der Waals surface area contributed by atoms with Gasteiger partial charge < -0.3 is 9.42 Å². The number of carbonyl (C=O) groups excluding carboxylic acids is 1. The predicted molar refractivity (Wildman–Crippen MR) is 84.5 cm³/mol. The molecule has 0 N–H and O–H groups in total. The largest absolute Gasteiger partial charge is 0.356 e. The average Bonchev–Trinajstić information content (AvgIpc) is 2.90. The highest BCUT2D eigenvalue weighted by atomic mass is 79.9. The van der Waals surface area contributed by atoms with Gasteiger partial charge in [0, 0.05) is 29.1 Å². The van der Waals surface area contributed by atoms with Crippen LogP contribution in [-0.2, 0) is 17.8 Å². The Morgan fingerprint density at radius 2 is 2.14 bits per heavy atom. The van der Waals surface area contributed by atoms with E-state index in [9.17, 15) is 4.79 Å². The predicted octanol–water partition coefficient (Wildman–Crippen LogP) is 3.66. The van der Waals surface area contributed by atoms with Gasteiger partial charge in [-0.3, -0.25) is 4.79 Å². The quantitative estimate of drug-likeness (QED) is 0.759. The monoisotopic (exact) mass is 368 g/mol. The van der Waals surface area contributed by atoms with Gasteiger partial charge >= 0.3 is 0 Å². The summed E-state index contributed by atoms with van der Waals surface area (Å²) in [5.41, 5.74) is 2.85. The van der Waals surface area contributed by atoms with Gasteiger partial charge in [0.2, 0.25) is 5.91 Å². The van der Waals surface area contributed by atoms with Crippen LogP contribution in [0.2, 0.25) is 5.02 Å². The summed E-state index contributed by atoms with van der Waals surface area (Å²) in [5.74, 6) is 0.810. The number of amides is 1. The second-order valence-electron chi connectivity index (χ2n) is 5.07. The molecule has 1 aliphatic heterocycles. The zero-order valence-electron chi connectivity index (χ0n) is 11.5. The number of benzene rings is 1. The molecular formula is C15H14BrClN2O2. The van der Waals surface area contributed by atoms with Crippen molar-refractivity contribution >= 4 is 33.4 Å². The number of hydrogen-bond donors (Lipinski definition) is 0. The minimum absolute atomic E-state index is 0.0870. The Hall–Kier alpha value is -1.33. The SMILES string of the molecule is CC(Br)C(=O)N1CCc2noc(-c3ccc(Cl)cc3)c2C1. The summed E-state index contributed by atoms with van der Waals surface area (Å²) in [6.07, 6.45) is 0.720. The van der Waals surface area contributed by atoms with E-state index in [-0.39, 0.29) is 10.7 Å². The van der Waals surface area contributed by atoms with E-state index >= 15 is 0 Å². The third-order valence-electron chi connectivity index (χ3n) is 3.60. The van der Waals surface area contributed by atoms with E-state index in [4.69, 9.17) is 16.1 Å². The molecule has 0 saturated carbocycles. The molecule has 1 aliphatic rings. The number of alkyl halides is 1. The van der Waals surface area contributed by atoms with Crippen molar-refractivity contribution in [3.8, 4) is 11.3 Å².